The van der Waals surface area contributed by atoms with Crippen molar-refractivity contribution in [1.29, 1.82) is 0 Å². The minimum absolute atomic E-state index is 0.0327. The summed E-state index contributed by atoms with van der Waals surface area (Å²) >= 11 is 0. The van der Waals surface area contributed by atoms with Gasteiger partial charge in [-0.2, -0.15) is 0 Å². The summed E-state index contributed by atoms with van der Waals surface area (Å²) in [6, 6.07) is 0. The molecule has 0 aromatic carbocycles. The van der Waals surface area contributed by atoms with E-state index in [9.17, 15) is 14.4 Å². The molecule has 0 amide bonds. The van der Waals surface area contributed by atoms with E-state index in [2.05, 4.69) is 20.4 Å². The highest BCUT2D eigenvalue weighted by Gasteiger charge is 2.71. The van der Waals surface area contributed by atoms with Crippen molar-refractivity contribution >= 4 is 17.7 Å². The minimum atomic E-state index is -0.614. The molecule has 4 aliphatic rings. The summed E-state index contributed by atoms with van der Waals surface area (Å²) in [5.41, 5.74) is -0.0787. The first-order valence-corrected chi connectivity index (χ1v) is 11.1. The number of esters is 2. The molecular weight excluding hydrogens is 368 g/mol. The lowest BCUT2D eigenvalue weighted by atomic mass is 9.40. The van der Waals surface area contributed by atoms with Crippen LogP contribution < -0.4 is 0 Å². The van der Waals surface area contributed by atoms with Gasteiger partial charge in [0.15, 0.2) is 5.78 Å². The van der Waals surface area contributed by atoms with E-state index in [0.717, 1.165) is 44.1 Å². The van der Waals surface area contributed by atoms with E-state index in [1.165, 1.54) is 13.8 Å². The number of ether oxygens (including phenoxy) is 2. The van der Waals surface area contributed by atoms with Gasteiger partial charge in [-0.05, 0) is 67.3 Å². The Kier molecular flexibility index (Phi) is 4.75. The first-order chi connectivity index (χ1) is 13.5. The van der Waals surface area contributed by atoms with Crippen LogP contribution >= 0.6 is 0 Å². The van der Waals surface area contributed by atoms with E-state index in [0.29, 0.717) is 13.0 Å². The van der Waals surface area contributed by atoms with Crippen molar-refractivity contribution in [2.24, 2.45) is 34.0 Å². The average molecular weight is 403 g/mol. The molecule has 29 heavy (non-hydrogen) atoms. The van der Waals surface area contributed by atoms with Crippen molar-refractivity contribution in [3.05, 3.63) is 12.2 Å². The maximum Gasteiger partial charge on any atom is 0.302 e. The Bertz CT molecular complexity index is 771. The molecule has 1 spiro atoms. The first kappa shape index (κ1) is 20.6. The van der Waals surface area contributed by atoms with Gasteiger partial charge in [0.25, 0.3) is 0 Å². The van der Waals surface area contributed by atoms with Gasteiger partial charge in [0, 0.05) is 19.3 Å². The van der Waals surface area contributed by atoms with Crippen LogP contribution in [-0.4, -0.2) is 30.4 Å². The van der Waals surface area contributed by atoms with Crippen LogP contribution in [0.5, 0.6) is 0 Å². The smallest absolute Gasteiger partial charge is 0.302 e. The number of allylic oxidation sites excluding steroid dienone is 1. The van der Waals surface area contributed by atoms with Crippen LogP contribution in [0.25, 0.3) is 0 Å². The van der Waals surface area contributed by atoms with Crippen molar-refractivity contribution < 1.29 is 23.9 Å². The lowest BCUT2D eigenvalue weighted by Gasteiger charge is -2.65. The van der Waals surface area contributed by atoms with Crippen LogP contribution in [0.1, 0.15) is 72.6 Å². The standard InChI is InChI=1S/C24H34O5/c1-14-17-7-8-18-23(5)10-6-9-22(4,13-28-15(2)25)19(23)11-20(29-16(3)26)24(18,12-17)21(14)27/h17-20H,1,6-13H2,2-5H3/t17-,18+,19-,20-,22-,23+,24-/m1/s1. The monoisotopic (exact) mass is 402 g/mol. The molecule has 4 aliphatic carbocycles. The maximum atomic E-state index is 13.6. The fourth-order valence-electron chi connectivity index (χ4n) is 7.94. The van der Waals surface area contributed by atoms with Crippen molar-refractivity contribution in [3.63, 3.8) is 0 Å². The summed E-state index contributed by atoms with van der Waals surface area (Å²) in [5, 5.41) is 0. The van der Waals surface area contributed by atoms with Crippen LogP contribution in [0.2, 0.25) is 0 Å². The molecule has 2 bridgehead atoms. The largest absolute Gasteiger partial charge is 0.465 e. The van der Waals surface area contributed by atoms with Crippen molar-refractivity contribution in [2.45, 2.75) is 78.7 Å². The molecule has 0 heterocycles. The van der Waals surface area contributed by atoms with E-state index in [1.807, 2.05) is 0 Å². The molecule has 0 saturated heterocycles. The minimum Gasteiger partial charge on any atom is -0.465 e. The highest BCUT2D eigenvalue weighted by molar-refractivity contribution is 6.03. The molecule has 0 radical (unpaired) electrons. The summed E-state index contributed by atoms with van der Waals surface area (Å²) in [4.78, 5) is 37.1. The molecule has 0 N–H and O–H groups in total. The summed E-state index contributed by atoms with van der Waals surface area (Å²) < 4.78 is 11.4. The van der Waals surface area contributed by atoms with Gasteiger partial charge in [-0.15, -0.1) is 0 Å². The number of hydrogen-bond acceptors (Lipinski definition) is 5. The summed E-state index contributed by atoms with van der Waals surface area (Å²) in [5.74, 6) is 0.206. The second kappa shape index (κ2) is 6.68. The lowest BCUT2D eigenvalue weighted by Crippen LogP contribution is -2.64. The number of carbonyl (C=O) groups excluding carboxylic acids is 3. The molecule has 4 saturated carbocycles. The maximum absolute atomic E-state index is 13.6. The van der Waals surface area contributed by atoms with Gasteiger partial charge in [0.05, 0.1) is 12.0 Å². The van der Waals surface area contributed by atoms with Crippen molar-refractivity contribution in [2.75, 3.05) is 6.61 Å². The third-order valence-corrected chi connectivity index (χ3v) is 9.05. The predicted octanol–water partition coefficient (Wildman–Crippen LogP) is 4.24. The highest BCUT2D eigenvalue weighted by Crippen LogP contribution is 2.71. The summed E-state index contributed by atoms with van der Waals surface area (Å²) in [7, 11) is 0. The van der Waals surface area contributed by atoms with Crippen molar-refractivity contribution in [3.8, 4) is 0 Å². The third-order valence-electron chi connectivity index (χ3n) is 9.05. The molecule has 0 unspecified atom stereocenters. The number of hydrogen-bond donors (Lipinski definition) is 0. The predicted molar refractivity (Wildman–Crippen MR) is 108 cm³/mol. The number of Topliss-reactive ketones (excluding diaryl/α,β-unsaturated/α-hetero) is 1. The fourth-order valence-corrected chi connectivity index (χ4v) is 7.94. The molecular formula is C24H34O5. The second-order valence-corrected chi connectivity index (χ2v) is 10.6. The zero-order valence-corrected chi connectivity index (χ0v) is 18.2. The number of ketones is 1. The quantitative estimate of drug-likeness (QED) is 0.522. The Balaban J connectivity index is 1.79. The molecule has 5 heteroatoms. The average Bonchev–Trinajstić information content (AvgIpc) is 2.83. The Morgan fingerprint density at radius 1 is 1.10 bits per heavy atom. The first-order valence-electron chi connectivity index (χ1n) is 11.1. The van der Waals surface area contributed by atoms with Gasteiger partial charge in [0.2, 0.25) is 0 Å². The Morgan fingerprint density at radius 2 is 1.83 bits per heavy atom. The molecule has 4 rings (SSSR count). The fraction of sp³-hybridized carbons (Fsp3) is 0.792. The van der Waals surface area contributed by atoms with Crippen molar-refractivity contribution in [1.82, 2.24) is 0 Å². The van der Waals surface area contributed by atoms with E-state index in [4.69, 9.17) is 9.47 Å². The van der Waals surface area contributed by atoms with E-state index < -0.39 is 11.5 Å². The Hall–Kier alpha value is -1.65. The molecule has 7 atom stereocenters. The van der Waals surface area contributed by atoms with Crippen LogP contribution in [0.3, 0.4) is 0 Å². The lowest BCUT2D eigenvalue weighted by molar-refractivity contribution is -0.217. The number of fused-ring (bicyclic) bond motifs is 3. The van der Waals surface area contributed by atoms with Gasteiger partial charge in [-0.1, -0.05) is 26.8 Å². The van der Waals surface area contributed by atoms with Crippen LogP contribution in [-0.2, 0) is 23.9 Å². The highest BCUT2D eigenvalue weighted by atomic mass is 16.5. The van der Waals surface area contributed by atoms with Crippen LogP contribution in [0.4, 0.5) is 0 Å². The van der Waals surface area contributed by atoms with E-state index in [1.54, 1.807) is 0 Å². The molecule has 0 aromatic heterocycles. The molecule has 4 fully saturated rings. The third kappa shape index (κ3) is 2.83. The molecule has 0 aromatic rings. The van der Waals surface area contributed by atoms with E-state index in [-0.39, 0.29) is 46.3 Å². The SMILES string of the molecule is C=C1C(=O)[C@]23C[C@H]1CC[C@H]2[C@]1(C)CCC[C@](C)(COC(C)=O)[C@H]1C[C@H]3OC(C)=O. The van der Waals surface area contributed by atoms with Gasteiger partial charge < -0.3 is 9.47 Å². The van der Waals surface area contributed by atoms with Crippen LogP contribution in [0.15, 0.2) is 12.2 Å². The molecule has 160 valence electrons. The van der Waals surface area contributed by atoms with Crippen LogP contribution in [0, 0.1) is 34.0 Å². The summed E-state index contributed by atoms with van der Waals surface area (Å²) in [6.45, 7) is 12.0. The van der Waals surface area contributed by atoms with Gasteiger partial charge >= 0.3 is 11.9 Å². The Morgan fingerprint density at radius 3 is 2.48 bits per heavy atom. The molecule has 0 aliphatic heterocycles. The zero-order chi connectivity index (χ0) is 21.2. The summed E-state index contributed by atoms with van der Waals surface area (Å²) in [6.07, 6.45) is 6.11. The van der Waals surface area contributed by atoms with Gasteiger partial charge in [-0.3, -0.25) is 14.4 Å². The second-order valence-electron chi connectivity index (χ2n) is 10.6. The van der Waals surface area contributed by atoms with Gasteiger partial charge in [0.1, 0.15) is 6.10 Å². The topological polar surface area (TPSA) is 69.7 Å². The normalized spacial score (nSPS) is 45.9. The van der Waals surface area contributed by atoms with Gasteiger partial charge in [-0.25, -0.2) is 0 Å². The number of rotatable bonds is 3. The zero-order valence-electron chi connectivity index (χ0n) is 18.2. The Labute approximate surface area is 173 Å². The van der Waals surface area contributed by atoms with E-state index >= 15 is 0 Å². The molecule has 5 nitrogen and oxygen atoms in total. The number of carbonyl (C=O) groups is 3.